The van der Waals surface area contributed by atoms with Crippen LogP contribution in [0.1, 0.15) is 15.9 Å². The zero-order valence-corrected chi connectivity index (χ0v) is 17.5. The molecule has 2 N–H and O–H groups in total. The Bertz CT molecular complexity index is 1280. The second kappa shape index (κ2) is 9.82. The van der Waals surface area contributed by atoms with Gasteiger partial charge in [-0.1, -0.05) is 6.07 Å². The molecule has 166 valence electrons. The van der Waals surface area contributed by atoms with Gasteiger partial charge in [0, 0.05) is 46.9 Å². The smallest absolute Gasteiger partial charge is 0.255 e. The molecule has 0 saturated carbocycles. The summed E-state index contributed by atoms with van der Waals surface area (Å²) in [4.78, 5) is 25.2. The number of halogens is 2. The highest BCUT2D eigenvalue weighted by Crippen LogP contribution is 2.31. The van der Waals surface area contributed by atoms with E-state index in [1.807, 2.05) is 0 Å². The number of hydrogen-bond donors (Lipinski definition) is 2. The molecule has 0 spiro atoms. The topological polar surface area (TPSA) is 89.0 Å². The van der Waals surface area contributed by atoms with Gasteiger partial charge in [-0.3, -0.25) is 9.78 Å². The fourth-order valence-corrected chi connectivity index (χ4v) is 3.11. The fourth-order valence-electron chi connectivity index (χ4n) is 3.11. The maximum Gasteiger partial charge on any atom is 0.255 e. The van der Waals surface area contributed by atoms with Crippen LogP contribution in [0.15, 0.2) is 73.3 Å². The zero-order valence-electron chi connectivity index (χ0n) is 17.5. The molecule has 9 heteroatoms. The summed E-state index contributed by atoms with van der Waals surface area (Å²) in [7, 11) is 1.46. The van der Waals surface area contributed by atoms with Gasteiger partial charge in [0.2, 0.25) is 0 Å². The Labute approximate surface area is 188 Å². The van der Waals surface area contributed by atoms with Gasteiger partial charge in [-0.05, 0) is 36.4 Å². The van der Waals surface area contributed by atoms with Gasteiger partial charge in [0.1, 0.15) is 29.9 Å². The summed E-state index contributed by atoms with van der Waals surface area (Å²) in [6, 6.07) is 12.4. The van der Waals surface area contributed by atoms with E-state index in [1.165, 1.54) is 38.0 Å². The number of amides is 1. The van der Waals surface area contributed by atoms with Crippen molar-refractivity contribution in [2.24, 2.45) is 0 Å². The first-order valence-electron chi connectivity index (χ1n) is 9.90. The molecule has 4 aromatic rings. The average Bonchev–Trinajstić information content (AvgIpc) is 2.85. The molecule has 0 bridgehead atoms. The van der Waals surface area contributed by atoms with E-state index in [1.54, 1.807) is 42.5 Å². The number of methoxy groups -OCH3 is 1. The molecule has 3 aromatic heterocycles. The molecule has 0 unspecified atom stereocenters. The quantitative estimate of drug-likeness (QED) is 0.407. The van der Waals surface area contributed by atoms with Crippen molar-refractivity contribution < 1.29 is 18.3 Å². The largest absolute Gasteiger partial charge is 0.497 e. The average molecular weight is 447 g/mol. The predicted molar refractivity (Wildman–Crippen MR) is 121 cm³/mol. The van der Waals surface area contributed by atoms with Crippen molar-refractivity contribution in [2.75, 3.05) is 17.7 Å². The molecule has 4 rings (SSSR count). The number of alkyl halides is 1. The molecule has 0 aliphatic rings. The minimum atomic E-state index is -0.599. The van der Waals surface area contributed by atoms with Gasteiger partial charge in [-0.15, -0.1) is 0 Å². The summed E-state index contributed by atoms with van der Waals surface area (Å²) < 4.78 is 32.3. The Morgan fingerprint density at radius 3 is 2.58 bits per heavy atom. The molecule has 0 saturated heterocycles. The molecule has 33 heavy (non-hydrogen) atoms. The number of rotatable bonds is 7. The van der Waals surface area contributed by atoms with E-state index >= 15 is 0 Å². The van der Waals surface area contributed by atoms with Gasteiger partial charge in [0.05, 0.1) is 19.0 Å². The molecule has 1 aromatic carbocycles. The van der Waals surface area contributed by atoms with Crippen LogP contribution in [0.3, 0.4) is 0 Å². The van der Waals surface area contributed by atoms with Crippen LogP contribution in [-0.2, 0) is 6.67 Å². The van der Waals surface area contributed by atoms with Gasteiger partial charge >= 0.3 is 0 Å². The highest BCUT2D eigenvalue weighted by Gasteiger charge is 2.15. The number of nitrogens with zero attached hydrogens (tertiary/aromatic N) is 3. The van der Waals surface area contributed by atoms with E-state index < -0.39 is 18.4 Å². The minimum Gasteiger partial charge on any atom is -0.497 e. The summed E-state index contributed by atoms with van der Waals surface area (Å²) in [5.41, 5.74) is 1.90. The Balaban J connectivity index is 1.55. The highest BCUT2D eigenvalue weighted by atomic mass is 19.1. The third-order valence-corrected chi connectivity index (χ3v) is 4.79. The van der Waals surface area contributed by atoms with Crippen molar-refractivity contribution in [1.82, 2.24) is 15.0 Å². The van der Waals surface area contributed by atoms with Crippen LogP contribution in [-0.4, -0.2) is 28.0 Å². The maximum absolute atomic E-state index is 14.6. The molecule has 0 radical (unpaired) electrons. The van der Waals surface area contributed by atoms with E-state index in [-0.39, 0.29) is 0 Å². The molecule has 3 heterocycles. The molecule has 7 nitrogen and oxygen atoms in total. The molecular formula is C24H19F2N5O2. The van der Waals surface area contributed by atoms with Crippen molar-refractivity contribution in [3.63, 3.8) is 0 Å². The summed E-state index contributed by atoms with van der Waals surface area (Å²) in [6.45, 7) is -0.599. The van der Waals surface area contributed by atoms with Crippen LogP contribution in [0, 0.1) is 5.82 Å². The van der Waals surface area contributed by atoms with E-state index in [9.17, 15) is 13.6 Å². The number of anilines is 3. The molecule has 0 aliphatic heterocycles. The van der Waals surface area contributed by atoms with Gasteiger partial charge in [0.15, 0.2) is 0 Å². The number of aromatic nitrogens is 3. The summed E-state index contributed by atoms with van der Waals surface area (Å²) >= 11 is 0. The Morgan fingerprint density at radius 2 is 1.85 bits per heavy atom. The highest BCUT2D eigenvalue weighted by molar-refractivity contribution is 6.06. The third-order valence-electron chi connectivity index (χ3n) is 4.79. The molecule has 0 atom stereocenters. The monoisotopic (exact) mass is 447 g/mol. The van der Waals surface area contributed by atoms with Crippen LogP contribution in [0.25, 0.3) is 11.1 Å². The first-order chi connectivity index (χ1) is 16.1. The lowest BCUT2D eigenvalue weighted by molar-refractivity contribution is 0.102. The second-order valence-corrected chi connectivity index (χ2v) is 6.96. The number of carbonyl (C=O) groups excluding carboxylic acids is 1. The molecule has 0 aliphatic carbocycles. The summed E-state index contributed by atoms with van der Waals surface area (Å²) in [5, 5.41) is 5.75. The minimum absolute atomic E-state index is 0.299. The number of ether oxygens (including phenoxy) is 1. The van der Waals surface area contributed by atoms with E-state index in [0.29, 0.717) is 45.3 Å². The normalized spacial score (nSPS) is 10.5. The van der Waals surface area contributed by atoms with E-state index in [4.69, 9.17) is 4.74 Å². The third kappa shape index (κ3) is 5.09. The molecule has 1 amide bonds. The summed E-state index contributed by atoms with van der Waals surface area (Å²) in [5.74, 6) is 0.321. The number of benzene rings is 1. The van der Waals surface area contributed by atoms with Crippen molar-refractivity contribution in [1.29, 1.82) is 0 Å². The second-order valence-electron chi connectivity index (χ2n) is 6.96. The first kappa shape index (κ1) is 21.8. The van der Waals surface area contributed by atoms with Gasteiger partial charge in [-0.2, -0.15) is 0 Å². The lowest BCUT2D eigenvalue weighted by Crippen LogP contribution is -2.13. The van der Waals surface area contributed by atoms with Crippen LogP contribution >= 0.6 is 0 Å². The van der Waals surface area contributed by atoms with Crippen molar-refractivity contribution in [3.8, 4) is 16.9 Å². The van der Waals surface area contributed by atoms with Crippen LogP contribution in [0.2, 0.25) is 0 Å². The van der Waals surface area contributed by atoms with Gasteiger partial charge in [-0.25, -0.2) is 18.7 Å². The Morgan fingerprint density at radius 1 is 0.970 bits per heavy atom. The van der Waals surface area contributed by atoms with Crippen molar-refractivity contribution >= 4 is 23.2 Å². The first-order valence-corrected chi connectivity index (χ1v) is 9.90. The predicted octanol–water partition coefficient (Wildman–Crippen LogP) is 5.15. The van der Waals surface area contributed by atoms with Gasteiger partial charge in [0.25, 0.3) is 5.91 Å². The zero-order chi connectivity index (χ0) is 23.2. The van der Waals surface area contributed by atoms with Crippen LogP contribution in [0.4, 0.5) is 26.1 Å². The number of pyridine rings is 3. The molecule has 0 fully saturated rings. The Kier molecular flexibility index (Phi) is 6.49. The van der Waals surface area contributed by atoms with Gasteiger partial charge < -0.3 is 15.4 Å². The number of hydrogen-bond acceptors (Lipinski definition) is 6. The number of nitrogens with one attached hydrogen (secondary N) is 2. The standard InChI is InChI=1S/C24H19F2N5O2/c1-33-17-3-4-18(20(26)11-17)19-7-8-27-14-21(19)30-24(32)16-6-9-28-23(10-16)31-22-5-2-15(12-25)13-29-22/h2-11,13-14H,12H2,1H3,(H,30,32)(H,28,29,31). The van der Waals surface area contributed by atoms with Crippen molar-refractivity contribution in [2.45, 2.75) is 6.67 Å². The fraction of sp³-hybridized carbons (Fsp3) is 0.0833. The lowest BCUT2D eigenvalue weighted by Gasteiger charge is -2.13. The SMILES string of the molecule is COc1ccc(-c2ccncc2NC(=O)c2ccnc(Nc3ccc(CF)cn3)c2)c(F)c1. The lowest BCUT2D eigenvalue weighted by atomic mass is 10.0. The number of carbonyl (C=O) groups is 1. The van der Waals surface area contributed by atoms with Crippen molar-refractivity contribution in [3.05, 3.63) is 90.3 Å². The Hall–Kier alpha value is -4.40. The maximum atomic E-state index is 14.6. The van der Waals surface area contributed by atoms with E-state index in [0.717, 1.165) is 0 Å². The van der Waals surface area contributed by atoms with Crippen LogP contribution < -0.4 is 15.4 Å². The van der Waals surface area contributed by atoms with Crippen LogP contribution in [0.5, 0.6) is 5.75 Å². The van der Waals surface area contributed by atoms with E-state index in [2.05, 4.69) is 25.6 Å². The molecular weight excluding hydrogens is 428 g/mol. The summed E-state index contributed by atoms with van der Waals surface area (Å²) in [6.07, 6.45) is 5.86.